The number of carbonyl (C=O) groups excluding carboxylic acids is 1. The Bertz CT molecular complexity index is 1210. The van der Waals surface area contributed by atoms with Crippen LogP contribution in [0.25, 0.3) is 10.2 Å². The first kappa shape index (κ1) is 21.8. The van der Waals surface area contributed by atoms with Crippen LogP contribution in [0.15, 0.2) is 47.4 Å². The summed E-state index contributed by atoms with van der Waals surface area (Å²) in [6.07, 6.45) is 1.15. The number of benzene rings is 2. The van der Waals surface area contributed by atoms with Crippen LogP contribution in [0.1, 0.15) is 10.4 Å². The van der Waals surface area contributed by atoms with Gasteiger partial charge in [0.05, 0.1) is 28.3 Å². The van der Waals surface area contributed by atoms with E-state index in [4.69, 9.17) is 4.74 Å². The molecule has 1 aliphatic heterocycles. The number of hydrogen-bond acceptors (Lipinski definition) is 7. The van der Waals surface area contributed by atoms with E-state index in [9.17, 15) is 17.6 Å². The van der Waals surface area contributed by atoms with Crippen molar-refractivity contribution < 1.29 is 22.3 Å². The zero-order chi connectivity index (χ0) is 22.0. The van der Waals surface area contributed by atoms with Crippen molar-refractivity contribution in [1.82, 2.24) is 9.88 Å². The summed E-state index contributed by atoms with van der Waals surface area (Å²) >= 11 is 1.24. The fraction of sp³-hybridized carbons (Fsp3) is 0.333. The van der Waals surface area contributed by atoms with Gasteiger partial charge < -0.3 is 4.74 Å². The zero-order valence-corrected chi connectivity index (χ0v) is 18.6. The van der Waals surface area contributed by atoms with E-state index >= 15 is 0 Å². The SMILES string of the molecule is CS(=O)(=O)c1ccc2nc(N(CCN3CCOCC3)C(=O)c3cccc(F)c3)sc2c1. The van der Waals surface area contributed by atoms with Crippen LogP contribution in [-0.2, 0) is 14.6 Å². The van der Waals surface area contributed by atoms with Crippen molar-refractivity contribution in [3.8, 4) is 0 Å². The van der Waals surface area contributed by atoms with Gasteiger partial charge in [-0.2, -0.15) is 0 Å². The maximum Gasteiger partial charge on any atom is 0.260 e. The fourth-order valence-corrected chi connectivity index (χ4v) is 5.12. The van der Waals surface area contributed by atoms with E-state index in [1.54, 1.807) is 18.2 Å². The second-order valence-electron chi connectivity index (χ2n) is 7.32. The number of rotatable bonds is 6. The molecule has 31 heavy (non-hydrogen) atoms. The number of halogens is 1. The third kappa shape index (κ3) is 5.09. The molecular weight excluding hydrogens is 441 g/mol. The van der Waals surface area contributed by atoms with Crippen LogP contribution in [-0.4, -0.2) is 69.9 Å². The molecule has 1 aliphatic rings. The maximum atomic E-state index is 13.7. The van der Waals surface area contributed by atoms with E-state index in [1.807, 2.05) is 0 Å². The smallest absolute Gasteiger partial charge is 0.260 e. The molecule has 2 heterocycles. The number of morpholine rings is 1. The molecule has 0 saturated carbocycles. The lowest BCUT2D eigenvalue weighted by molar-refractivity contribution is 0.0391. The van der Waals surface area contributed by atoms with Crippen molar-refractivity contribution in [2.45, 2.75) is 4.90 Å². The summed E-state index contributed by atoms with van der Waals surface area (Å²) in [5, 5.41) is 0.447. The monoisotopic (exact) mass is 463 g/mol. The van der Waals surface area contributed by atoms with Crippen LogP contribution in [0.3, 0.4) is 0 Å². The number of amides is 1. The van der Waals surface area contributed by atoms with Crippen molar-refractivity contribution in [3.63, 3.8) is 0 Å². The molecule has 1 amide bonds. The molecule has 0 unspecified atom stereocenters. The molecule has 2 aromatic carbocycles. The van der Waals surface area contributed by atoms with Crippen LogP contribution >= 0.6 is 11.3 Å². The molecule has 0 N–H and O–H groups in total. The first-order chi connectivity index (χ1) is 14.8. The Hall–Kier alpha value is -2.40. The molecule has 0 radical (unpaired) electrons. The van der Waals surface area contributed by atoms with Crippen LogP contribution < -0.4 is 4.90 Å². The molecule has 1 saturated heterocycles. The van der Waals surface area contributed by atoms with Crippen LogP contribution in [0, 0.1) is 5.82 Å². The van der Waals surface area contributed by atoms with Crippen molar-refractivity contribution in [2.75, 3.05) is 50.5 Å². The van der Waals surface area contributed by atoms with Crippen molar-refractivity contribution in [3.05, 3.63) is 53.8 Å². The summed E-state index contributed by atoms with van der Waals surface area (Å²) in [6.45, 7) is 3.84. The minimum absolute atomic E-state index is 0.200. The van der Waals surface area contributed by atoms with Gasteiger partial charge in [-0.05, 0) is 36.4 Å². The minimum atomic E-state index is -3.36. The molecule has 0 spiro atoms. The highest BCUT2D eigenvalue weighted by Gasteiger charge is 2.23. The third-order valence-corrected chi connectivity index (χ3v) is 7.22. The second-order valence-corrected chi connectivity index (χ2v) is 10.3. The number of fused-ring (bicyclic) bond motifs is 1. The molecule has 0 bridgehead atoms. The Morgan fingerprint density at radius 3 is 2.71 bits per heavy atom. The van der Waals surface area contributed by atoms with Crippen LogP contribution in [0.4, 0.5) is 9.52 Å². The fourth-order valence-electron chi connectivity index (χ4n) is 3.37. The van der Waals surface area contributed by atoms with Gasteiger partial charge in [-0.1, -0.05) is 17.4 Å². The quantitative estimate of drug-likeness (QED) is 0.559. The standard InChI is InChI=1S/C21H22FN3O4S2/c1-31(27,28)17-5-6-18-19(14-17)30-21(23-18)25(8-7-24-9-11-29-12-10-24)20(26)15-3-2-4-16(22)13-15/h2-6,13-14H,7-12H2,1H3. The molecule has 4 rings (SSSR count). The maximum absolute atomic E-state index is 13.7. The Kier molecular flexibility index (Phi) is 6.33. The summed E-state index contributed by atoms with van der Waals surface area (Å²) in [6, 6.07) is 10.3. The van der Waals surface area contributed by atoms with E-state index in [2.05, 4.69) is 9.88 Å². The summed E-state index contributed by atoms with van der Waals surface area (Å²) in [4.78, 5) is 21.8. The lowest BCUT2D eigenvalue weighted by Gasteiger charge is -2.29. The topological polar surface area (TPSA) is 79.8 Å². The number of carbonyl (C=O) groups is 1. The molecule has 0 aliphatic carbocycles. The van der Waals surface area contributed by atoms with E-state index < -0.39 is 15.7 Å². The predicted molar refractivity (Wildman–Crippen MR) is 118 cm³/mol. The molecule has 7 nitrogen and oxygen atoms in total. The Labute approximate surface area is 184 Å². The van der Waals surface area contributed by atoms with Gasteiger partial charge in [0.2, 0.25) is 0 Å². The number of aromatic nitrogens is 1. The van der Waals surface area contributed by atoms with Crippen molar-refractivity contribution >= 4 is 42.4 Å². The van der Waals surface area contributed by atoms with Gasteiger partial charge in [0, 0.05) is 38.0 Å². The molecule has 1 aromatic heterocycles. The highest BCUT2D eigenvalue weighted by molar-refractivity contribution is 7.90. The second kappa shape index (κ2) is 8.99. The first-order valence-corrected chi connectivity index (χ1v) is 12.5. The number of hydrogen-bond donors (Lipinski definition) is 0. The largest absolute Gasteiger partial charge is 0.379 e. The molecule has 0 atom stereocenters. The van der Waals surface area contributed by atoms with E-state index in [1.165, 1.54) is 40.5 Å². The summed E-state index contributed by atoms with van der Waals surface area (Å²) in [5.41, 5.74) is 0.842. The van der Waals surface area contributed by atoms with Gasteiger partial charge >= 0.3 is 0 Å². The minimum Gasteiger partial charge on any atom is -0.379 e. The van der Waals surface area contributed by atoms with Crippen LogP contribution in [0.2, 0.25) is 0 Å². The van der Waals surface area contributed by atoms with E-state index in [-0.39, 0.29) is 16.4 Å². The Morgan fingerprint density at radius 1 is 1.23 bits per heavy atom. The normalized spacial score (nSPS) is 15.3. The molecule has 10 heteroatoms. The van der Waals surface area contributed by atoms with Gasteiger partial charge in [-0.3, -0.25) is 14.6 Å². The number of anilines is 1. The number of thiazole rings is 1. The van der Waals surface area contributed by atoms with E-state index in [0.29, 0.717) is 41.7 Å². The average molecular weight is 464 g/mol. The van der Waals surface area contributed by atoms with Crippen molar-refractivity contribution in [2.24, 2.45) is 0 Å². The van der Waals surface area contributed by atoms with Gasteiger partial charge in [0.15, 0.2) is 15.0 Å². The van der Waals surface area contributed by atoms with Crippen molar-refractivity contribution in [1.29, 1.82) is 0 Å². The Morgan fingerprint density at radius 2 is 2.00 bits per heavy atom. The highest BCUT2D eigenvalue weighted by Crippen LogP contribution is 2.31. The molecule has 1 fully saturated rings. The van der Waals surface area contributed by atoms with Crippen LogP contribution in [0.5, 0.6) is 0 Å². The zero-order valence-electron chi connectivity index (χ0n) is 17.0. The lowest BCUT2D eigenvalue weighted by Crippen LogP contribution is -2.43. The summed E-state index contributed by atoms with van der Waals surface area (Å²) < 4.78 is 43.6. The molecular formula is C21H22FN3O4S2. The summed E-state index contributed by atoms with van der Waals surface area (Å²) in [5.74, 6) is -0.837. The van der Waals surface area contributed by atoms with Gasteiger partial charge in [0.25, 0.3) is 5.91 Å². The lowest BCUT2D eigenvalue weighted by atomic mass is 10.2. The average Bonchev–Trinajstić information content (AvgIpc) is 3.17. The number of nitrogens with zero attached hydrogens (tertiary/aromatic N) is 3. The van der Waals surface area contributed by atoms with Gasteiger partial charge in [-0.15, -0.1) is 0 Å². The first-order valence-electron chi connectivity index (χ1n) is 9.79. The Balaban J connectivity index is 1.67. The highest BCUT2D eigenvalue weighted by atomic mass is 32.2. The third-order valence-electron chi connectivity index (χ3n) is 5.07. The number of sulfone groups is 1. The number of ether oxygens (including phenoxy) is 1. The van der Waals surface area contributed by atoms with Gasteiger partial charge in [0.1, 0.15) is 5.82 Å². The predicted octanol–water partition coefficient (Wildman–Crippen LogP) is 2.82. The molecule has 3 aromatic rings. The molecule has 164 valence electrons. The van der Waals surface area contributed by atoms with Gasteiger partial charge in [-0.25, -0.2) is 17.8 Å². The van der Waals surface area contributed by atoms with E-state index in [0.717, 1.165) is 19.3 Å². The summed E-state index contributed by atoms with van der Waals surface area (Å²) in [7, 11) is -3.36.